The van der Waals surface area contributed by atoms with Gasteiger partial charge < -0.3 is 14.7 Å². The number of aromatic hydroxyl groups is 1. The van der Waals surface area contributed by atoms with Crippen LogP contribution in [0, 0.1) is 6.92 Å². The van der Waals surface area contributed by atoms with E-state index in [2.05, 4.69) is 14.9 Å². The average molecular weight is 306 g/mol. The summed E-state index contributed by atoms with van der Waals surface area (Å²) in [5, 5.41) is 10.6. The normalized spacial score (nSPS) is 15.2. The number of hydrogen-bond acceptors (Lipinski definition) is 5. The molecule has 2 heterocycles. The summed E-state index contributed by atoms with van der Waals surface area (Å²) in [6.45, 7) is 4.88. The molecule has 0 radical (unpaired) electrons. The van der Waals surface area contributed by atoms with Crippen molar-refractivity contribution in [2.75, 3.05) is 31.2 Å². The Morgan fingerprint density at radius 3 is 2.71 bits per heavy atom. The number of halogens is 1. The van der Waals surface area contributed by atoms with E-state index >= 15 is 0 Å². The maximum Gasteiger partial charge on any atom is 0.225 e. The Bertz CT molecular complexity index is 657. The summed E-state index contributed by atoms with van der Waals surface area (Å²) in [5.41, 5.74) is 2.24. The lowest BCUT2D eigenvalue weighted by atomic mass is 10.1. The quantitative estimate of drug-likeness (QED) is 0.924. The largest absolute Gasteiger partial charge is 0.507 e. The van der Waals surface area contributed by atoms with Gasteiger partial charge in [-0.3, -0.25) is 0 Å². The average Bonchev–Trinajstić information content (AvgIpc) is 2.51. The Morgan fingerprint density at radius 2 is 2.00 bits per heavy atom. The van der Waals surface area contributed by atoms with E-state index in [1.165, 1.54) is 0 Å². The smallest absolute Gasteiger partial charge is 0.225 e. The third-order valence-electron chi connectivity index (χ3n) is 3.51. The van der Waals surface area contributed by atoms with Crippen LogP contribution in [0.3, 0.4) is 0 Å². The Morgan fingerprint density at radius 1 is 1.24 bits per heavy atom. The molecule has 1 fully saturated rings. The van der Waals surface area contributed by atoms with E-state index < -0.39 is 0 Å². The van der Waals surface area contributed by atoms with Crippen molar-refractivity contribution in [2.24, 2.45) is 0 Å². The van der Waals surface area contributed by atoms with Gasteiger partial charge in [-0.15, -0.1) is 0 Å². The van der Waals surface area contributed by atoms with Crippen LogP contribution in [-0.4, -0.2) is 41.4 Å². The number of phenols is 1. The van der Waals surface area contributed by atoms with Gasteiger partial charge in [0.25, 0.3) is 0 Å². The van der Waals surface area contributed by atoms with Crippen LogP contribution in [-0.2, 0) is 4.74 Å². The fraction of sp³-hybridized carbons (Fsp3) is 0.333. The highest BCUT2D eigenvalue weighted by Crippen LogP contribution is 2.33. The van der Waals surface area contributed by atoms with Gasteiger partial charge in [0.05, 0.1) is 18.9 Å². The van der Waals surface area contributed by atoms with Crippen LogP contribution in [0.2, 0.25) is 5.02 Å². The van der Waals surface area contributed by atoms with E-state index in [0.717, 1.165) is 24.3 Å². The van der Waals surface area contributed by atoms with Gasteiger partial charge in [0.2, 0.25) is 5.95 Å². The van der Waals surface area contributed by atoms with E-state index in [0.29, 0.717) is 29.7 Å². The van der Waals surface area contributed by atoms with Crippen molar-refractivity contribution in [3.05, 3.63) is 35.1 Å². The minimum Gasteiger partial charge on any atom is -0.507 e. The molecule has 3 rings (SSSR count). The zero-order chi connectivity index (χ0) is 14.8. The lowest BCUT2D eigenvalue weighted by Crippen LogP contribution is -2.37. The van der Waals surface area contributed by atoms with Crippen molar-refractivity contribution in [1.29, 1.82) is 0 Å². The highest BCUT2D eigenvalue weighted by molar-refractivity contribution is 6.31. The predicted octanol–water partition coefficient (Wildman–Crippen LogP) is 2.65. The molecule has 1 aliphatic rings. The number of benzene rings is 1. The van der Waals surface area contributed by atoms with Crippen molar-refractivity contribution >= 4 is 17.5 Å². The zero-order valence-electron chi connectivity index (χ0n) is 11.7. The minimum absolute atomic E-state index is 0.172. The first kappa shape index (κ1) is 14.1. The second-order valence-corrected chi connectivity index (χ2v) is 5.37. The molecule has 0 saturated carbocycles. The first-order chi connectivity index (χ1) is 10.1. The third-order valence-corrected chi connectivity index (χ3v) is 3.74. The van der Waals surface area contributed by atoms with Gasteiger partial charge in [-0.25, -0.2) is 9.97 Å². The van der Waals surface area contributed by atoms with Gasteiger partial charge in [0.1, 0.15) is 5.75 Å². The molecule has 21 heavy (non-hydrogen) atoms. The fourth-order valence-electron chi connectivity index (χ4n) is 2.36. The molecule has 1 N–H and O–H groups in total. The first-order valence-electron chi connectivity index (χ1n) is 6.80. The maximum atomic E-state index is 9.99. The topological polar surface area (TPSA) is 58.5 Å². The van der Waals surface area contributed by atoms with Gasteiger partial charge in [-0.05, 0) is 25.1 Å². The molecule has 2 aromatic rings. The maximum absolute atomic E-state index is 9.99. The van der Waals surface area contributed by atoms with E-state index in [1.54, 1.807) is 24.4 Å². The van der Waals surface area contributed by atoms with Crippen LogP contribution in [0.5, 0.6) is 5.75 Å². The molecule has 5 nitrogen and oxygen atoms in total. The minimum atomic E-state index is 0.172. The molecule has 0 bridgehead atoms. The number of aromatic nitrogens is 2. The molecule has 0 spiro atoms. The number of aryl methyl sites for hydroxylation is 1. The predicted molar refractivity (Wildman–Crippen MR) is 81.9 cm³/mol. The van der Waals surface area contributed by atoms with Crippen LogP contribution in [0.15, 0.2) is 24.4 Å². The first-order valence-corrected chi connectivity index (χ1v) is 7.18. The van der Waals surface area contributed by atoms with E-state index in [4.69, 9.17) is 16.3 Å². The molecular formula is C15H16ClN3O2. The SMILES string of the molecule is Cc1nc(N2CCOCC2)ncc1-c1cc(Cl)ccc1O. The van der Waals surface area contributed by atoms with Crippen LogP contribution in [0.25, 0.3) is 11.1 Å². The Labute approximate surface area is 128 Å². The van der Waals surface area contributed by atoms with E-state index in [1.807, 2.05) is 6.92 Å². The van der Waals surface area contributed by atoms with E-state index in [-0.39, 0.29) is 5.75 Å². The van der Waals surface area contributed by atoms with Crippen molar-refractivity contribution in [3.63, 3.8) is 0 Å². The summed E-state index contributed by atoms with van der Waals surface area (Å²) in [7, 11) is 0. The molecule has 110 valence electrons. The van der Waals surface area contributed by atoms with Crippen LogP contribution >= 0.6 is 11.6 Å². The molecule has 1 aromatic carbocycles. The molecule has 1 aromatic heterocycles. The van der Waals surface area contributed by atoms with Crippen molar-refractivity contribution in [3.8, 4) is 16.9 Å². The van der Waals surface area contributed by atoms with Gasteiger partial charge in [0.15, 0.2) is 0 Å². The Hall–Kier alpha value is -1.85. The summed E-state index contributed by atoms with van der Waals surface area (Å²) in [4.78, 5) is 11.1. The molecule has 0 unspecified atom stereocenters. The summed E-state index contributed by atoms with van der Waals surface area (Å²) in [5.74, 6) is 0.867. The number of nitrogens with zero attached hydrogens (tertiary/aromatic N) is 3. The van der Waals surface area contributed by atoms with Crippen LogP contribution in [0.1, 0.15) is 5.69 Å². The van der Waals surface area contributed by atoms with Crippen molar-refractivity contribution in [2.45, 2.75) is 6.92 Å². The zero-order valence-corrected chi connectivity index (χ0v) is 12.5. The van der Waals surface area contributed by atoms with Crippen molar-refractivity contribution < 1.29 is 9.84 Å². The lowest BCUT2D eigenvalue weighted by molar-refractivity contribution is 0.122. The Balaban J connectivity index is 1.95. The highest BCUT2D eigenvalue weighted by atomic mass is 35.5. The molecule has 1 saturated heterocycles. The third kappa shape index (κ3) is 2.94. The van der Waals surface area contributed by atoms with Crippen molar-refractivity contribution in [1.82, 2.24) is 9.97 Å². The molecule has 6 heteroatoms. The molecular weight excluding hydrogens is 290 g/mol. The number of ether oxygens (including phenoxy) is 1. The summed E-state index contributed by atoms with van der Waals surface area (Å²) >= 11 is 6.00. The van der Waals surface area contributed by atoms with E-state index in [9.17, 15) is 5.11 Å². The van der Waals surface area contributed by atoms with Crippen LogP contribution in [0.4, 0.5) is 5.95 Å². The molecule has 0 amide bonds. The lowest BCUT2D eigenvalue weighted by Gasteiger charge is -2.27. The fourth-order valence-corrected chi connectivity index (χ4v) is 2.53. The standard InChI is InChI=1S/C15H16ClN3O2/c1-10-13(12-8-11(16)2-3-14(12)20)9-17-15(18-10)19-4-6-21-7-5-19/h2-3,8-9,20H,4-7H2,1H3. The molecule has 0 aliphatic carbocycles. The highest BCUT2D eigenvalue weighted by Gasteiger charge is 2.16. The van der Waals surface area contributed by atoms with Gasteiger partial charge >= 0.3 is 0 Å². The number of phenolic OH excluding ortho intramolecular Hbond substituents is 1. The summed E-state index contributed by atoms with van der Waals surface area (Å²) in [6.07, 6.45) is 1.73. The summed E-state index contributed by atoms with van der Waals surface area (Å²) in [6, 6.07) is 4.95. The van der Waals surface area contributed by atoms with Gasteiger partial charge in [-0.2, -0.15) is 0 Å². The second kappa shape index (κ2) is 5.87. The van der Waals surface area contributed by atoms with Gasteiger partial charge in [-0.1, -0.05) is 11.6 Å². The van der Waals surface area contributed by atoms with Gasteiger partial charge in [0, 0.05) is 35.4 Å². The molecule has 1 aliphatic heterocycles. The summed E-state index contributed by atoms with van der Waals surface area (Å²) < 4.78 is 5.33. The van der Waals surface area contributed by atoms with Crippen LogP contribution < -0.4 is 4.90 Å². The number of anilines is 1. The monoisotopic (exact) mass is 305 g/mol. The number of morpholine rings is 1. The second-order valence-electron chi connectivity index (χ2n) is 4.93. The number of rotatable bonds is 2. The Kier molecular flexibility index (Phi) is 3.94. The molecule has 0 atom stereocenters. The number of hydrogen-bond donors (Lipinski definition) is 1.